The topological polar surface area (TPSA) is 39.4 Å². The molecular weight excluding hydrogens is 290 g/mol. The lowest BCUT2D eigenvalue weighted by Gasteiger charge is -2.28. The van der Waals surface area contributed by atoms with Crippen molar-refractivity contribution in [3.8, 4) is 6.07 Å². The fourth-order valence-electron chi connectivity index (χ4n) is 2.68. The summed E-state index contributed by atoms with van der Waals surface area (Å²) in [6.07, 6.45) is 1.21. The van der Waals surface area contributed by atoms with Crippen molar-refractivity contribution < 1.29 is 0 Å². The van der Waals surface area contributed by atoms with Crippen molar-refractivity contribution in [2.75, 3.05) is 12.3 Å². The number of nitrogens with zero attached hydrogens (tertiary/aromatic N) is 3. The van der Waals surface area contributed by atoms with Gasteiger partial charge >= 0.3 is 0 Å². The molecule has 1 fully saturated rings. The molecule has 0 radical (unpaired) electrons. The van der Waals surface area contributed by atoms with Crippen LogP contribution in [0.5, 0.6) is 0 Å². The second-order valence-corrected chi connectivity index (χ2v) is 7.68. The molecule has 0 bridgehead atoms. The molecule has 0 amide bonds. The lowest BCUT2D eigenvalue weighted by molar-refractivity contribution is 0.279. The second-order valence-electron chi connectivity index (χ2n) is 6.69. The summed E-state index contributed by atoms with van der Waals surface area (Å²) in [6.45, 7) is 10.1. The molecule has 118 valence electrons. The molecule has 0 aromatic heterocycles. The largest absolute Gasteiger partial charge is 0.347 e. The van der Waals surface area contributed by atoms with Gasteiger partial charge in [0.2, 0.25) is 0 Å². The smallest absolute Gasteiger partial charge is 0.164 e. The molecule has 3 nitrogen and oxygen atoms in total. The first-order chi connectivity index (χ1) is 10.5. The summed E-state index contributed by atoms with van der Waals surface area (Å²) >= 11 is 1.86. The molecule has 1 atom stereocenters. The second kappa shape index (κ2) is 7.69. The first kappa shape index (κ1) is 16.9. The van der Waals surface area contributed by atoms with E-state index in [1.165, 1.54) is 6.42 Å². The summed E-state index contributed by atoms with van der Waals surface area (Å²) in [5, 5.41) is 10.0. The number of hydrogen-bond donors (Lipinski definition) is 0. The van der Waals surface area contributed by atoms with Crippen molar-refractivity contribution >= 4 is 22.6 Å². The number of aliphatic imine (C=N–C) groups is 1. The van der Waals surface area contributed by atoms with Crippen LogP contribution in [0.1, 0.15) is 39.7 Å². The van der Waals surface area contributed by atoms with Crippen molar-refractivity contribution in [3.05, 3.63) is 29.8 Å². The molecule has 0 aliphatic carbocycles. The molecule has 1 unspecified atom stereocenters. The van der Waals surface area contributed by atoms with Crippen LogP contribution in [0.25, 0.3) is 0 Å². The van der Waals surface area contributed by atoms with Crippen LogP contribution < -0.4 is 0 Å². The number of rotatable bonds is 5. The van der Waals surface area contributed by atoms with Crippen LogP contribution in [-0.4, -0.2) is 28.4 Å². The zero-order valence-corrected chi connectivity index (χ0v) is 14.7. The van der Waals surface area contributed by atoms with Gasteiger partial charge in [0.25, 0.3) is 0 Å². The number of amidine groups is 1. The van der Waals surface area contributed by atoms with Gasteiger partial charge < -0.3 is 4.90 Å². The van der Waals surface area contributed by atoms with Gasteiger partial charge in [-0.25, -0.2) is 4.99 Å². The maximum atomic E-state index is 8.87. The maximum absolute atomic E-state index is 8.87. The Hall–Kier alpha value is -1.47. The van der Waals surface area contributed by atoms with Crippen LogP contribution in [0, 0.1) is 23.2 Å². The molecule has 0 spiro atoms. The van der Waals surface area contributed by atoms with E-state index in [4.69, 9.17) is 10.3 Å². The van der Waals surface area contributed by atoms with Crippen molar-refractivity contribution in [2.24, 2.45) is 16.8 Å². The van der Waals surface area contributed by atoms with Gasteiger partial charge in [-0.1, -0.05) is 39.5 Å². The predicted octanol–water partition coefficient (Wildman–Crippen LogP) is 4.67. The summed E-state index contributed by atoms with van der Waals surface area (Å²) in [7, 11) is 0. The summed E-state index contributed by atoms with van der Waals surface area (Å²) in [6, 6.07) is 10.2. The van der Waals surface area contributed by atoms with Crippen molar-refractivity contribution in [3.63, 3.8) is 0 Å². The molecule has 1 aromatic carbocycles. The summed E-state index contributed by atoms with van der Waals surface area (Å²) in [4.78, 5) is 7.30. The van der Waals surface area contributed by atoms with E-state index in [0.717, 1.165) is 23.2 Å². The van der Waals surface area contributed by atoms with E-state index in [1.54, 1.807) is 0 Å². The summed E-state index contributed by atoms with van der Waals surface area (Å²) < 4.78 is 0. The Morgan fingerprint density at radius 3 is 2.45 bits per heavy atom. The van der Waals surface area contributed by atoms with Gasteiger partial charge in [-0.2, -0.15) is 5.26 Å². The van der Waals surface area contributed by atoms with Gasteiger partial charge in [-0.3, -0.25) is 0 Å². The monoisotopic (exact) mass is 315 g/mol. The Labute approximate surface area is 138 Å². The van der Waals surface area contributed by atoms with Gasteiger partial charge in [-0.15, -0.1) is 0 Å². The highest BCUT2D eigenvalue weighted by Crippen LogP contribution is 2.31. The lowest BCUT2D eigenvalue weighted by atomic mass is 10.0. The lowest BCUT2D eigenvalue weighted by Crippen LogP contribution is -2.37. The number of nitriles is 1. The molecule has 22 heavy (non-hydrogen) atoms. The minimum atomic E-state index is 0.588. The average Bonchev–Trinajstić information content (AvgIpc) is 2.81. The van der Waals surface area contributed by atoms with E-state index in [0.29, 0.717) is 23.4 Å². The van der Waals surface area contributed by atoms with E-state index in [1.807, 2.05) is 36.0 Å². The fraction of sp³-hybridized carbons (Fsp3) is 0.556. The van der Waals surface area contributed by atoms with Gasteiger partial charge in [0, 0.05) is 18.3 Å². The molecule has 0 saturated carbocycles. The van der Waals surface area contributed by atoms with Crippen molar-refractivity contribution in [1.29, 1.82) is 5.26 Å². The predicted molar refractivity (Wildman–Crippen MR) is 95.5 cm³/mol. The normalized spacial score (nSPS) is 20.1. The van der Waals surface area contributed by atoms with Gasteiger partial charge in [-0.05, 0) is 42.5 Å². The Balaban J connectivity index is 2.19. The molecular formula is C18H25N3S. The van der Waals surface area contributed by atoms with Crippen LogP contribution in [0.15, 0.2) is 29.3 Å². The van der Waals surface area contributed by atoms with Gasteiger partial charge in [0.1, 0.15) is 0 Å². The highest BCUT2D eigenvalue weighted by atomic mass is 32.2. The molecule has 1 aromatic rings. The van der Waals surface area contributed by atoms with Crippen LogP contribution in [-0.2, 0) is 0 Å². The van der Waals surface area contributed by atoms with E-state index < -0.39 is 0 Å². The fourth-order valence-corrected chi connectivity index (χ4v) is 3.89. The number of hydrogen-bond acceptors (Lipinski definition) is 3. The van der Waals surface area contributed by atoms with Crippen LogP contribution in [0.4, 0.5) is 5.69 Å². The van der Waals surface area contributed by atoms with Crippen molar-refractivity contribution in [2.45, 2.75) is 40.2 Å². The molecule has 1 heterocycles. The molecule has 1 aliphatic heterocycles. The molecule has 0 N–H and O–H groups in total. The quantitative estimate of drug-likeness (QED) is 0.793. The van der Waals surface area contributed by atoms with Gasteiger partial charge in [0.05, 0.1) is 17.3 Å². The Bertz CT molecular complexity index is 555. The molecule has 2 rings (SSSR count). The Morgan fingerprint density at radius 2 is 1.91 bits per heavy atom. The zero-order chi connectivity index (χ0) is 16.1. The SMILES string of the molecule is CC(C)CC1CSC(=Nc2ccc(C#N)cc2)N1CC(C)C. The van der Waals surface area contributed by atoms with Crippen molar-refractivity contribution in [1.82, 2.24) is 4.90 Å². The number of thioether (sulfide) groups is 1. The number of benzene rings is 1. The van der Waals surface area contributed by atoms with Crippen LogP contribution in [0.3, 0.4) is 0 Å². The standard InChI is InChI=1S/C18H25N3S/c1-13(2)9-17-12-22-18(21(17)11-14(3)4)20-16-7-5-15(10-19)6-8-16/h5-8,13-14,17H,9,11-12H2,1-4H3. The summed E-state index contributed by atoms with van der Waals surface area (Å²) in [5.41, 5.74) is 1.61. The third-order valence-electron chi connectivity index (χ3n) is 3.62. The molecule has 4 heteroatoms. The molecule has 1 saturated heterocycles. The third-order valence-corrected chi connectivity index (χ3v) is 4.75. The van der Waals surface area contributed by atoms with E-state index >= 15 is 0 Å². The first-order valence-electron chi connectivity index (χ1n) is 7.98. The van der Waals surface area contributed by atoms with E-state index in [-0.39, 0.29) is 0 Å². The summed E-state index contributed by atoms with van der Waals surface area (Å²) in [5.74, 6) is 2.45. The highest BCUT2D eigenvalue weighted by Gasteiger charge is 2.30. The van der Waals surface area contributed by atoms with Gasteiger partial charge in [0.15, 0.2) is 5.17 Å². The third kappa shape index (κ3) is 4.51. The minimum absolute atomic E-state index is 0.588. The Morgan fingerprint density at radius 1 is 1.23 bits per heavy atom. The Kier molecular flexibility index (Phi) is 5.90. The van der Waals surface area contributed by atoms with Crippen LogP contribution >= 0.6 is 11.8 Å². The van der Waals surface area contributed by atoms with Crippen LogP contribution in [0.2, 0.25) is 0 Å². The average molecular weight is 315 g/mol. The zero-order valence-electron chi connectivity index (χ0n) is 13.9. The minimum Gasteiger partial charge on any atom is -0.347 e. The molecule has 1 aliphatic rings. The maximum Gasteiger partial charge on any atom is 0.164 e. The first-order valence-corrected chi connectivity index (χ1v) is 8.96. The van der Waals surface area contributed by atoms with E-state index in [2.05, 4.69) is 38.7 Å². The highest BCUT2D eigenvalue weighted by molar-refractivity contribution is 8.14. The van der Waals surface area contributed by atoms with E-state index in [9.17, 15) is 0 Å².